The van der Waals surface area contributed by atoms with Gasteiger partial charge in [0.25, 0.3) is 0 Å². The second kappa shape index (κ2) is 6.61. The lowest BCUT2D eigenvalue weighted by Crippen LogP contribution is -2.24. The first-order valence-corrected chi connectivity index (χ1v) is 6.86. The average Bonchev–Trinajstić information content (AvgIpc) is 2.29. The fraction of sp³-hybridized carbons (Fsp3) is 0.500. The van der Waals surface area contributed by atoms with Crippen molar-refractivity contribution in [3.63, 3.8) is 0 Å². The van der Waals surface area contributed by atoms with E-state index >= 15 is 0 Å². The van der Waals surface area contributed by atoms with Crippen molar-refractivity contribution in [3.05, 3.63) is 28.8 Å². The fourth-order valence-electron chi connectivity index (χ4n) is 1.95. The molecule has 116 valence electrons. The molecule has 0 bridgehead atoms. The Morgan fingerprint density at radius 1 is 1.14 bits per heavy atom. The monoisotopic (exact) mass is 293 g/mol. The molecule has 0 aromatic heterocycles. The molecule has 21 heavy (non-hydrogen) atoms. The largest absolute Gasteiger partial charge is 0.492 e. The van der Waals surface area contributed by atoms with Crippen molar-refractivity contribution in [3.8, 4) is 5.75 Å². The van der Waals surface area contributed by atoms with Crippen LogP contribution < -0.4 is 10.5 Å². The summed E-state index contributed by atoms with van der Waals surface area (Å²) in [6, 6.07) is 3.36. The summed E-state index contributed by atoms with van der Waals surface area (Å²) in [6.45, 7) is 9.37. The summed E-state index contributed by atoms with van der Waals surface area (Å²) < 4.78 is 10.8. The molecule has 0 aliphatic heterocycles. The van der Waals surface area contributed by atoms with Crippen LogP contribution in [0.1, 0.15) is 48.7 Å². The van der Waals surface area contributed by atoms with E-state index in [0.717, 1.165) is 11.1 Å². The van der Waals surface area contributed by atoms with Gasteiger partial charge in [0, 0.05) is 5.56 Å². The number of esters is 1. The minimum Gasteiger partial charge on any atom is -0.492 e. The highest BCUT2D eigenvalue weighted by atomic mass is 16.6. The molecule has 1 aromatic rings. The van der Waals surface area contributed by atoms with E-state index in [1.54, 1.807) is 12.1 Å². The predicted molar refractivity (Wildman–Crippen MR) is 80.4 cm³/mol. The van der Waals surface area contributed by atoms with Gasteiger partial charge in [0.2, 0.25) is 5.91 Å². The highest BCUT2D eigenvalue weighted by molar-refractivity contribution is 5.93. The summed E-state index contributed by atoms with van der Waals surface area (Å²) in [6.07, 6.45) is 0.174. The van der Waals surface area contributed by atoms with Crippen LogP contribution in [0.25, 0.3) is 0 Å². The van der Waals surface area contributed by atoms with Gasteiger partial charge in [-0.15, -0.1) is 0 Å². The summed E-state index contributed by atoms with van der Waals surface area (Å²) in [5.74, 6) is -0.100. The zero-order valence-corrected chi connectivity index (χ0v) is 13.3. The highest BCUT2D eigenvalue weighted by Crippen LogP contribution is 2.25. The number of carbonyl (C=O) groups excluding carboxylic acids is 2. The number of amides is 1. The number of hydrogen-bond acceptors (Lipinski definition) is 4. The van der Waals surface area contributed by atoms with E-state index in [2.05, 4.69) is 0 Å². The predicted octanol–water partition coefficient (Wildman–Crippen LogP) is 2.51. The van der Waals surface area contributed by atoms with Crippen LogP contribution in [0.4, 0.5) is 0 Å². The topological polar surface area (TPSA) is 78.6 Å². The van der Waals surface area contributed by atoms with Crippen LogP contribution in [0.15, 0.2) is 12.1 Å². The quantitative estimate of drug-likeness (QED) is 0.846. The lowest BCUT2D eigenvalue weighted by atomic mass is 10.1. The Morgan fingerprint density at radius 3 is 2.10 bits per heavy atom. The minimum atomic E-state index is -0.494. The van der Waals surface area contributed by atoms with E-state index in [1.165, 1.54) is 0 Å². The molecule has 0 heterocycles. The Hall–Kier alpha value is -2.04. The van der Waals surface area contributed by atoms with Crippen LogP contribution in [-0.2, 0) is 9.53 Å². The molecule has 0 fully saturated rings. The van der Waals surface area contributed by atoms with Gasteiger partial charge in [-0.25, -0.2) is 0 Å². The molecular formula is C16H23NO4. The van der Waals surface area contributed by atoms with Crippen LogP contribution in [0.2, 0.25) is 0 Å². The summed E-state index contributed by atoms with van der Waals surface area (Å²) >= 11 is 0. The Morgan fingerprint density at radius 2 is 1.67 bits per heavy atom. The smallest absolute Gasteiger partial charge is 0.309 e. The van der Waals surface area contributed by atoms with Crippen molar-refractivity contribution in [2.45, 2.75) is 46.6 Å². The summed E-state index contributed by atoms with van der Waals surface area (Å²) in [4.78, 5) is 22.8. The Kier molecular flexibility index (Phi) is 5.35. The number of aryl methyl sites for hydroxylation is 2. The van der Waals surface area contributed by atoms with E-state index < -0.39 is 11.5 Å². The molecule has 0 aliphatic carbocycles. The second-order valence-corrected chi connectivity index (χ2v) is 5.99. The van der Waals surface area contributed by atoms with Gasteiger partial charge in [-0.05, 0) is 57.9 Å². The number of nitrogens with two attached hydrogens (primary N) is 1. The second-order valence-electron chi connectivity index (χ2n) is 5.99. The molecule has 5 nitrogen and oxygen atoms in total. The first-order chi connectivity index (χ1) is 9.60. The molecule has 0 radical (unpaired) electrons. The molecule has 0 saturated heterocycles. The fourth-order valence-corrected chi connectivity index (χ4v) is 1.95. The maximum atomic E-state index is 11.6. The van der Waals surface area contributed by atoms with Crippen molar-refractivity contribution in [2.75, 3.05) is 6.61 Å². The molecule has 0 unspecified atom stereocenters. The van der Waals surface area contributed by atoms with Gasteiger partial charge in [0.1, 0.15) is 11.4 Å². The number of ether oxygens (including phenoxy) is 2. The van der Waals surface area contributed by atoms with E-state index in [-0.39, 0.29) is 19.0 Å². The molecule has 5 heteroatoms. The van der Waals surface area contributed by atoms with E-state index in [0.29, 0.717) is 11.3 Å². The number of primary amides is 1. The first-order valence-electron chi connectivity index (χ1n) is 6.86. The molecule has 1 rings (SSSR count). The zero-order valence-electron chi connectivity index (χ0n) is 13.3. The van der Waals surface area contributed by atoms with Crippen molar-refractivity contribution >= 4 is 11.9 Å². The Balaban J connectivity index is 2.64. The summed E-state index contributed by atoms with van der Waals surface area (Å²) in [5, 5.41) is 0. The third-order valence-corrected chi connectivity index (χ3v) is 2.72. The van der Waals surface area contributed by atoms with Crippen molar-refractivity contribution in [1.29, 1.82) is 0 Å². The lowest BCUT2D eigenvalue weighted by molar-refractivity contribution is -0.155. The first kappa shape index (κ1) is 17.0. The minimum absolute atomic E-state index is 0.174. The van der Waals surface area contributed by atoms with Crippen LogP contribution >= 0.6 is 0 Å². The molecule has 0 aliphatic rings. The number of carbonyl (C=O) groups is 2. The molecule has 2 N–H and O–H groups in total. The van der Waals surface area contributed by atoms with E-state index in [4.69, 9.17) is 15.2 Å². The Labute approximate surface area is 125 Å². The van der Waals surface area contributed by atoms with Gasteiger partial charge in [-0.2, -0.15) is 0 Å². The van der Waals surface area contributed by atoms with Gasteiger partial charge >= 0.3 is 5.97 Å². The summed E-state index contributed by atoms with van der Waals surface area (Å²) in [7, 11) is 0. The molecule has 1 amide bonds. The zero-order chi connectivity index (χ0) is 16.2. The molecule has 1 aromatic carbocycles. The Bertz CT molecular complexity index is 521. The molecule has 0 atom stereocenters. The van der Waals surface area contributed by atoms with E-state index in [1.807, 2.05) is 34.6 Å². The van der Waals surface area contributed by atoms with Crippen LogP contribution in [0.5, 0.6) is 5.75 Å². The normalized spacial score (nSPS) is 11.1. The molecule has 0 spiro atoms. The third-order valence-electron chi connectivity index (χ3n) is 2.72. The summed E-state index contributed by atoms with van der Waals surface area (Å²) in [5.41, 5.74) is 6.84. The maximum Gasteiger partial charge on any atom is 0.309 e. The molecule has 0 saturated carbocycles. The highest BCUT2D eigenvalue weighted by Gasteiger charge is 2.16. The van der Waals surface area contributed by atoms with Gasteiger partial charge in [0.15, 0.2) is 0 Å². The van der Waals surface area contributed by atoms with Gasteiger partial charge in [0.05, 0.1) is 13.0 Å². The third kappa shape index (κ3) is 5.45. The van der Waals surface area contributed by atoms with Gasteiger partial charge in [-0.1, -0.05) is 0 Å². The van der Waals surface area contributed by atoms with Crippen molar-refractivity contribution in [1.82, 2.24) is 0 Å². The van der Waals surface area contributed by atoms with Crippen molar-refractivity contribution < 1.29 is 19.1 Å². The van der Waals surface area contributed by atoms with Gasteiger partial charge < -0.3 is 15.2 Å². The lowest BCUT2D eigenvalue weighted by Gasteiger charge is -2.19. The van der Waals surface area contributed by atoms with Crippen LogP contribution in [0, 0.1) is 13.8 Å². The van der Waals surface area contributed by atoms with Crippen molar-refractivity contribution in [2.24, 2.45) is 5.73 Å². The van der Waals surface area contributed by atoms with E-state index in [9.17, 15) is 9.59 Å². The van der Waals surface area contributed by atoms with Crippen LogP contribution in [-0.4, -0.2) is 24.1 Å². The van der Waals surface area contributed by atoms with Gasteiger partial charge in [-0.3, -0.25) is 9.59 Å². The number of rotatable bonds is 5. The standard InChI is InChI=1S/C16H23NO4/c1-10-8-12(15(17)19)9-11(2)14(10)20-7-6-13(18)21-16(3,4)5/h8-9H,6-7H2,1-5H3,(H2,17,19). The SMILES string of the molecule is Cc1cc(C(N)=O)cc(C)c1OCCC(=O)OC(C)(C)C. The number of hydrogen-bond donors (Lipinski definition) is 1. The average molecular weight is 293 g/mol. The number of benzene rings is 1. The molecular weight excluding hydrogens is 270 g/mol. The van der Waals surface area contributed by atoms with Crippen LogP contribution in [0.3, 0.4) is 0 Å². The maximum absolute atomic E-state index is 11.6.